The zero-order valence-corrected chi connectivity index (χ0v) is 14.7. The van der Waals surface area contributed by atoms with E-state index < -0.39 is 0 Å². The third kappa shape index (κ3) is 1.94. The summed E-state index contributed by atoms with van der Waals surface area (Å²) in [5.74, 6) is 6.56. The molecule has 1 heteroatoms. The van der Waals surface area contributed by atoms with E-state index in [4.69, 9.17) is 11.2 Å². The molecule has 0 N–H and O–H groups in total. The average Bonchev–Trinajstić information content (AvgIpc) is 2.86. The van der Waals surface area contributed by atoms with E-state index in [-0.39, 0.29) is 5.41 Å². The van der Waals surface area contributed by atoms with Gasteiger partial charge in [-0.2, -0.15) is 0 Å². The normalized spacial score (nSPS) is 41.4. The van der Waals surface area contributed by atoms with E-state index in [1.165, 1.54) is 44.1 Å². The molecule has 0 aromatic heterocycles. The molecular formula is C22H28O. The maximum Gasteiger partial charge on any atom is 0.119 e. The summed E-state index contributed by atoms with van der Waals surface area (Å²) in [4.78, 5) is 0. The Balaban J connectivity index is 1.70. The number of benzene rings is 1. The fourth-order valence-electron chi connectivity index (χ4n) is 6.19. The topological polar surface area (TPSA) is 9.23 Å². The highest BCUT2D eigenvalue weighted by Gasteiger charge is 2.59. The lowest BCUT2D eigenvalue weighted by Crippen LogP contribution is -2.45. The summed E-state index contributed by atoms with van der Waals surface area (Å²) < 4.78 is 5.42. The van der Waals surface area contributed by atoms with E-state index in [0.717, 1.165) is 23.5 Å². The minimum absolute atomic E-state index is 0.100. The maximum absolute atomic E-state index is 5.97. The number of ether oxygens (including phenoxy) is 1. The molecule has 0 radical (unpaired) electrons. The van der Waals surface area contributed by atoms with Crippen LogP contribution >= 0.6 is 0 Å². The highest BCUT2D eigenvalue weighted by Crippen LogP contribution is 2.67. The number of aryl methyl sites for hydroxylation is 1. The molecule has 1 aromatic carbocycles. The largest absolute Gasteiger partial charge is 0.497 e. The van der Waals surface area contributed by atoms with E-state index in [1.54, 1.807) is 12.7 Å². The third-order valence-electron chi connectivity index (χ3n) is 7.86. The lowest BCUT2D eigenvalue weighted by Gasteiger charge is -2.53. The van der Waals surface area contributed by atoms with Crippen LogP contribution in [0.4, 0.5) is 0 Å². The van der Waals surface area contributed by atoms with Crippen molar-refractivity contribution in [1.82, 2.24) is 0 Å². The summed E-state index contributed by atoms with van der Waals surface area (Å²) in [5, 5.41) is 0. The molecular weight excluding hydrogens is 280 g/mol. The minimum atomic E-state index is 0.100. The second-order valence-electron chi connectivity index (χ2n) is 8.45. The van der Waals surface area contributed by atoms with Crippen LogP contribution in [0.25, 0.3) is 0 Å². The van der Waals surface area contributed by atoms with Gasteiger partial charge in [0.2, 0.25) is 0 Å². The van der Waals surface area contributed by atoms with Crippen molar-refractivity contribution in [3.05, 3.63) is 29.3 Å². The first kappa shape index (κ1) is 15.1. The molecule has 0 unspecified atom stereocenters. The number of terminal acetylenes is 1. The number of hydrogen-bond donors (Lipinski definition) is 0. The Labute approximate surface area is 140 Å². The van der Waals surface area contributed by atoms with Crippen molar-refractivity contribution in [2.45, 2.75) is 58.3 Å². The monoisotopic (exact) mass is 308 g/mol. The van der Waals surface area contributed by atoms with E-state index in [1.807, 2.05) is 0 Å². The molecule has 5 atom stereocenters. The molecule has 3 aliphatic rings. The van der Waals surface area contributed by atoms with Crippen LogP contribution in [0.15, 0.2) is 18.2 Å². The van der Waals surface area contributed by atoms with Gasteiger partial charge in [0.15, 0.2) is 0 Å². The van der Waals surface area contributed by atoms with Crippen molar-refractivity contribution in [2.24, 2.45) is 22.7 Å². The van der Waals surface area contributed by atoms with Gasteiger partial charge < -0.3 is 4.74 Å². The Kier molecular flexibility index (Phi) is 3.31. The van der Waals surface area contributed by atoms with Crippen LogP contribution in [0.1, 0.15) is 63.0 Å². The molecule has 0 bridgehead atoms. The maximum atomic E-state index is 5.97. The van der Waals surface area contributed by atoms with Gasteiger partial charge in [-0.25, -0.2) is 0 Å². The van der Waals surface area contributed by atoms with Gasteiger partial charge in [0.25, 0.3) is 0 Å². The molecule has 0 amide bonds. The van der Waals surface area contributed by atoms with Crippen LogP contribution in [0.3, 0.4) is 0 Å². The first-order valence-electron chi connectivity index (χ1n) is 9.17. The van der Waals surface area contributed by atoms with Gasteiger partial charge in [-0.1, -0.05) is 18.9 Å². The summed E-state index contributed by atoms with van der Waals surface area (Å²) in [5.41, 5.74) is 3.56. The Morgan fingerprint density at radius 2 is 2.00 bits per heavy atom. The summed E-state index contributed by atoms with van der Waals surface area (Å²) in [6.07, 6.45) is 13.6. The van der Waals surface area contributed by atoms with E-state index in [0.29, 0.717) is 5.41 Å². The highest BCUT2D eigenvalue weighted by atomic mass is 16.5. The van der Waals surface area contributed by atoms with Gasteiger partial charge in [0, 0.05) is 5.41 Å². The Hall–Kier alpha value is -1.42. The molecule has 122 valence electrons. The van der Waals surface area contributed by atoms with Gasteiger partial charge in [0.05, 0.1) is 7.11 Å². The second-order valence-corrected chi connectivity index (χ2v) is 8.45. The smallest absolute Gasteiger partial charge is 0.119 e. The van der Waals surface area contributed by atoms with Crippen molar-refractivity contribution >= 4 is 0 Å². The van der Waals surface area contributed by atoms with Gasteiger partial charge in [-0.3, -0.25) is 0 Å². The van der Waals surface area contributed by atoms with Crippen LogP contribution in [0.2, 0.25) is 0 Å². The van der Waals surface area contributed by atoms with Gasteiger partial charge in [-0.05, 0) is 91.9 Å². The van der Waals surface area contributed by atoms with Crippen LogP contribution in [-0.2, 0) is 6.42 Å². The van der Waals surface area contributed by atoms with Crippen molar-refractivity contribution in [1.29, 1.82) is 0 Å². The molecule has 0 aliphatic heterocycles. The first-order valence-corrected chi connectivity index (χ1v) is 9.17. The summed E-state index contributed by atoms with van der Waals surface area (Å²) in [7, 11) is 1.76. The zero-order valence-electron chi connectivity index (χ0n) is 14.7. The molecule has 4 rings (SSSR count). The lowest BCUT2D eigenvalue weighted by molar-refractivity contribution is 0.00890. The number of hydrogen-bond acceptors (Lipinski definition) is 1. The predicted octanol–water partition coefficient (Wildman–Crippen LogP) is 5.19. The van der Waals surface area contributed by atoms with Gasteiger partial charge in [0.1, 0.15) is 5.75 Å². The van der Waals surface area contributed by atoms with Crippen LogP contribution < -0.4 is 4.74 Å². The summed E-state index contributed by atoms with van der Waals surface area (Å²) >= 11 is 0. The zero-order chi connectivity index (χ0) is 16.2. The van der Waals surface area contributed by atoms with Crippen molar-refractivity contribution in [3.8, 4) is 18.1 Å². The molecule has 0 spiro atoms. The third-order valence-corrected chi connectivity index (χ3v) is 7.86. The highest BCUT2D eigenvalue weighted by molar-refractivity contribution is 5.41. The Morgan fingerprint density at radius 3 is 2.74 bits per heavy atom. The molecule has 0 heterocycles. The average molecular weight is 308 g/mol. The lowest BCUT2D eigenvalue weighted by atomic mass is 9.51. The van der Waals surface area contributed by atoms with Crippen molar-refractivity contribution in [3.63, 3.8) is 0 Å². The van der Waals surface area contributed by atoms with Gasteiger partial charge >= 0.3 is 0 Å². The molecule has 1 nitrogen and oxygen atoms in total. The quantitative estimate of drug-likeness (QED) is 0.649. The molecule has 2 saturated carbocycles. The number of methoxy groups -OCH3 is 1. The Morgan fingerprint density at radius 1 is 1.17 bits per heavy atom. The molecule has 2 fully saturated rings. The molecule has 23 heavy (non-hydrogen) atoms. The Bertz CT molecular complexity index is 669. The molecule has 0 saturated heterocycles. The summed E-state index contributed by atoms with van der Waals surface area (Å²) in [6.45, 7) is 4.83. The van der Waals surface area contributed by atoms with E-state index in [9.17, 15) is 0 Å². The van der Waals surface area contributed by atoms with Gasteiger partial charge in [-0.15, -0.1) is 6.42 Å². The number of rotatable bonds is 1. The van der Waals surface area contributed by atoms with E-state index >= 15 is 0 Å². The van der Waals surface area contributed by atoms with Crippen LogP contribution in [0, 0.1) is 35.0 Å². The standard InChI is InChI=1S/C22H28O/c1-5-21(2)12-11-20-19-8-6-15-14-16(23-4)7-9-17(15)18(19)10-13-22(20,21)3/h1,7,9,14,18-20H,6,8,10-13H2,2-4H3/t18-,19-,20+,21+,22+/m1/s1. The number of fused-ring (bicyclic) bond motifs is 5. The fourth-order valence-corrected chi connectivity index (χ4v) is 6.19. The van der Waals surface area contributed by atoms with Crippen LogP contribution in [-0.4, -0.2) is 7.11 Å². The molecule has 3 aliphatic carbocycles. The second kappa shape index (κ2) is 5.04. The van der Waals surface area contributed by atoms with Crippen LogP contribution in [0.5, 0.6) is 5.75 Å². The molecule has 1 aromatic rings. The van der Waals surface area contributed by atoms with Crippen molar-refractivity contribution < 1.29 is 4.74 Å². The first-order chi connectivity index (χ1) is 11.0. The van der Waals surface area contributed by atoms with Crippen molar-refractivity contribution in [2.75, 3.05) is 7.11 Å². The predicted molar refractivity (Wildman–Crippen MR) is 94.6 cm³/mol. The SMILES string of the molecule is C#C[C@@]1(C)CC[C@H]2[C@@H]3CCc4cc(OC)ccc4[C@H]3CC[C@@]21C. The fraction of sp³-hybridized carbons (Fsp3) is 0.636. The van der Waals surface area contributed by atoms with E-state index in [2.05, 4.69) is 38.0 Å². The summed E-state index contributed by atoms with van der Waals surface area (Å²) in [6, 6.07) is 6.75. The minimum Gasteiger partial charge on any atom is -0.497 e.